The minimum Gasteiger partial charge on any atom is -0.292 e. The number of hydrazine groups is 1. The smallest absolute Gasteiger partial charge is 0.287 e. The maximum atomic E-state index is 13.8. The van der Waals surface area contributed by atoms with Gasteiger partial charge in [0.2, 0.25) is 0 Å². The van der Waals surface area contributed by atoms with Crippen LogP contribution in [0, 0.1) is 10.1 Å². The summed E-state index contributed by atoms with van der Waals surface area (Å²) in [5, 5.41) is 13.5. The highest BCUT2D eigenvalue weighted by Crippen LogP contribution is 2.34. The Morgan fingerprint density at radius 1 is 0.892 bits per heavy atom. The number of hydrogen-bond donors (Lipinski definition) is 0. The van der Waals surface area contributed by atoms with E-state index in [2.05, 4.69) is 0 Å². The summed E-state index contributed by atoms with van der Waals surface area (Å²) in [5.74, 6) is -3.72. The highest BCUT2D eigenvalue weighted by molar-refractivity contribution is 6.31. The van der Waals surface area contributed by atoms with Crippen LogP contribution in [0.2, 0.25) is 10.0 Å². The molecule has 1 atom stereocenters. The molecule has 3 amide bonds. The number of hydrogen-bond acceptors (Lipinski definition) is 6. The van der Waals surface area contributed by atoms with E-state index in [-0.39, 0.29) is 29.0 Å². The molecular formula is C25H16Cl3N3O6. The minimum absolute atomic E-state index is 0.0129. The lowest BCUT2D eigenvalue weighted by Gasteiger charge is -2.35. The van der Waals surface area contributed by atoms with Gasteiger partial charge in [-0.1, -0.05) is 29.3 Å². The van der Waals surface area contributed by atoms with Crippen LogP contribution >= 0.6 is 34.8 Å². The van der Waals surface area contributed by atoms with Gasteiger partial charge in [0.25, 0.3) is 23.4 Å². The highest BCUT2D eigenvalue weighted by Gasteiger charge is 2.48. The molecule has 0 saturated carbocycles. The van der Waals surface area contributed by atoms with E-state index >= 15 is 0 Å². The van der Waals surface area contributed by atoms with Gasteiger partial charge in [-0.15, -0.1) is 11.6 Å². The Morgan fingerprint density at radius 2 is 1.46 bits per heavy atom. The number of carbonyl (C=O) groups is 4. The van der Waals surface area contributed by atoms with E-state index < -0.39 is 45.7 Å². The van der Waals surface area contributed by atoms with E-state index in [1.54, 1.807) is 0 Å². The standard InChI is InChI=1S/C25H16Cl3N3O6/c26-13-12-20(22(32)14-4-8-16(27)9-5-14)29(23(33)15-6-10-17(28)11-7-15)30-24(34)18-2-1-3-19(31(36)37)21(18)25(30)35/h1-11,20H,12-13H2/t20-/m0/s1. The zero-order chi connectivity index (χ0) is 26.9. The maximum absolute atomic E-state index is 13.8. The van der Waals surface area contributed by atoms with Gasteiger partial charge < -0.3 is 0 Å². The normalized spacial score (nSPS) is 13.3. The molecule has 0 aromatic heterocycles. The summed E-state index contributed by atoms with van der Waals surface area (Å²) in [6.07, 6.45) is -0.141. The van der Waals surface area contributed by atoms with Gasteiger partial charge in [0.05, 0.1) is 10.5 Å². The number of nitro groups is 1. The second kappa shape index (κ2) is 10.7. The predicted octanol–water partition coefficient (Wildman–Crippen LogP) is 5.44. The molecule has 37 heavy (non-hydrogen) atoms. The minimum atomic E-state index is -1.41. The van der Waals surface area contributed by atoms with Crippen LogP contribution in [0.4, 0.5) is 5.69 Å². The topological polar surface area (TPSA) is 118 Å². The lowest BCUT2D eigenvalue weighted by atomic mass is 10.0. The second-order valence-corrected chi connectivity index (χ2v) is 9.15. The van der Waals surface area contributed by atoms with Crippen molar-refractivity contribution in [2.24, 2.45) is 0 Å². The number of imide groups is 1. The van der Waals surface area contributed by atoms with Crippen LogP contribution < -0.4 is 0 Å². The van der Waals surface area contributed by atoms with Crippen molar-refractivity contribution in [3.8, 4) is 0 Å². The van der Waals surface area contributed by atoms with Crippen LogP contribution in [0.25, 0.3) is 0 Å². The Kier molecular flexibility index (Phi) is 7.58. The van der Waals surface area contributed by atoms with E-state index in [0.717, 1.165) is 11.1 Å². The third-order valence-electron chi connectivity index (χ3n) is 5.69. The lowest BCUT2D eigenvalue weighted by Crippen LogP contribution is -2.57. The van der Waals surface area contributed by atoms with Crippen LogP contribution in [0.3, 0.4) is 0 Å². The summed E-state index contributed by atoms with van der Waals surface area (Å²) in [6.45, 7) is 0. The van der Waals surface area contributed by atoms with Crippen molar-refractivity contribution >= 4 is 64.0 Å². The molecule has 3 aromatic carbocycles. The molecule has 0 unspecified atom stereocenters. The number of carbonyl (C=O) groups excluding carboxylic acids is 4. The molecule has 0 N–H and O–H groups in total. The predicted molar refractivity (Wildman–Crippen MR) is 136 cm³/mol. The van der Waals surface area contributed by atoms with Crippen molar-refractivity contribution in [1.82, 2.24) is 10.0 Å². The number of halogens is 3. The number of rotatable bonds is 8. The van der Waals surface area contributed by atoms with E-state index in [0.29, 0.717) is 15.1 Å². The number of Topliss-reactive ketones (excluding diaryl/α,β-unsaturated/α-hetero) is 1. The van der Waals surface area contributed by atoms with Crippen molar-refractivity contribution in [2.75, 3.05) is 5.88 Å². The average molecular weight is 561 g/mol. The van der Waals surface area contributed by atoms with E-state index in [9.17, 15) is 29.3 Å². The number of nitro benzene ring substituents is 1. The molecule has 0 bridgehead atoms. The number of nitrogens with zero attached hydrogens (tertiary/aromatic N) is 3. The van der Waals surface area contributed by atoms with Crippen molar-refractivity contribution in [2.45, 2.75) is 12.5 Å². The van der Waals surface area contributed by atoms with Gasteiger partial charge in [0, 0.05) is 33.1 Å². The third kappa shape index (κ3) is 4.93. The van der Waals surface area contributed by atoms with Crippen molar-refractivity contribution < 1.29 is 24.1 Å². The van der Waals surface area contributed by atoms with Crippen LogP contribution in [0.1, 0.15) is 47.9 Å². The molecule has 3 aromatic rings. The molecule has 0 saturated heterocycles. The molecule has 12 heteroatoms. The number of amides is 3. The fourth-order valence-electron chi connectivity index (χ4n) is 3.97. The first-order valence-corrected chi connectivity index (χ1v) is 12.1. The molecule has 9 nitrogen and oxygen atoms in total. The van der Waals surface area contributed by atoms with Gasteiger partial charge in [-0.05, 0) is 61.0 Å². The van der Waals surface area contributed by atoms with Gasteiger partial charge in [-0.3, -0.25) is 29.3 Å². The summed E-state index contributed by atoms with van der Waals surface area (Å²) >= 11 is 17.9. The number of ketones is 1. The van der Waals surface area contributed by atoms with Crippen molar-refractivity contribution in [3.63, 3.8) is 0 Å². The monoisotopic (exact) mass is 559 g/mol. The van der Waals surface area contributed by atoms with E-state index in [1.807, 2.05) is 0 Å². The summed E-state index contributed by atoms with van der Waals surface area (Å²) in [4.78, 5) is 65.1. The summed E-state index contributed by atoms with van der Waals surface area (Å²) in [5.41, 5.74) is -1.18. The van der Waals surface area contributed by atoms with Gasteiger partial charge in [0.1, 0.15) is 11.6 Å². The number of alkyl halides is 1. The molecule has 188 valence electrons. The molecule has 0 spiro atoms. The molecule has 0 fully saturated rings. The number of benzene rings is 3. The van der Waals surface area contributed by atoms with Crippen LogP contribution in [-0.2, 0) is 0 Å². The van der Waals surface area contributed by atoms with Crippen LogP contribution in [0.5, 0.6) is 0 Å². The Bertz CT molecular complexity index is 1430. The summed E-state index contributed by atoms with van der Waals surface area (Å²) in [7, 11) is 0. The fourth-order valence-corrected chi connectivity index (χ4v) is 4.43. The number of fused-ring (bicyclic) bond motifs is 1. The van der Waals surface area contributed by atoms with E-state index in [1.165, 1.54) is 60.7 Å². The Balaban J connectivity index is 1.88. The average Bonchev–Trinajstić information content (AvgIpc) is 3.14. The zero-order valence-electron chi connectivity index (χ0n) is 18.8. The van der Waals surface area contributed by atoms with Gasteiger partial charge >= 0.3 is 0 Å². The Morgan fingerprint density at radius 3 is 2.00 bits per heavy atom. The van der Waals surface area contributed by atoms with Crippen molar-refractivity contribution in [3.05, 3.63) is 109 Å². The first-order valence-electron chi connectivity index (χ1n) is 10.8. The van der Waals surface area contributed by atoms with Crippen LogP contribution in [-0.4, -0.2) is 50.4 Å². The highest BCUT2D eigenvalue weighted by atomic mass is 35.5. The quantitative estimate of drug-likeness (QED) is 0.119. The van der Waals surface area contributed by atoms with Gasteiger partial charge in [0.15, 0.2) is 5.78 Å². The lowest BCUT2D eigenvalue weighted by molar-refractivity contribution is -0.385. The summed E-state index contributed by atoms with van der Waals surface area (Å²) < 4.78 is 0. The maximum Gasteiger partial charge on any atom is 0.287 e. The second-order valence-electron chi connectivity index (χ2n) is 7.90. The first-order chi connectivity index (χ1) is 17.6. The molecular weight excluding hydrogens is 545 g/mol. The molecule has 1 aliphatic heterocycles. The van der Waals surface area contributed by atoms with Gasteiger partial charge in [-0.25, -0.2) is 5.01 Å². The molecule has 1 heterocycles. The zero-order valence-corrected chi connectivity index (χ0v) is 21.0. The first kappa shape index (κ1) is 26.3. The molecule has 0 radical (unpaired) electrons. The van der Waals surface area contributed by atoms with Gasteiger partial charge in [-0.2, -0.15) is 5.01 Å². The third-order valence-corrected chi connectivity index (χ3v) is 6.41. The molecule has 1 aliphatic rings. The SMILES string of the molecule is O=C(c1ccc(Cl)cc1)[C@H](CCCl)N(C(=O)c1ccc(Cl)cc1)N1C(=O)c2cccc([N+](=O)[O-])c2C1=O. The van der Waals surface area contributed by atoms with Crippen LogP contribution in [0.15, 0.2) is 66.7 Å². The molecule has 0 aliphatic carbocycles. The Hall–Kier alpha value is -3.79. The van der Waals surface area contributed by atoms with Crippen molar-refractivity contribution in [1.29, 1.82) is 0 Å². The molecule has 4 rings (SSSR count). The Labute approximate surface area is 225 Å². The fraction of sp³-hybridized carbons (Fsp3) is 0.120. The largest absolute Gasteiger partial charge is 0.292 e. The van der Waals surface area contributed by atoms with E-state index in [4.69, 9.17) is 34.8 Å². The summed E-state index contributed by atoms with van der Waals surface area (Å²) in [6, 6.07) is 13.6.